The molecular weight excluding hydrogens is 396 g/mol. The summed E-state index contributed by atoms with van der Waals surface area (Å²) in [7, 11) is 1.56. The van der Waals surface area contributed by atoms with E-state index >= 15 is 0 Å². The number of pyridine rings is 1. The van der Waals surface area contributed by atoms with E-state index in [0.29, 0.717) is 23.0 Å². The predicted octanol–water partition coefficient (Wildman–Crippen LogP) is 4.60. The van der Waals surface area contributed by atoms with E-state index in [2.05, 4.69) is 20.9 Å². The van der Waals surface area contributed by atoms with Crippen molar-refractivity contribution in [2.45, 2.75) is 0 Å². The van der Waals surface area contributed by atoms with Gasteiger partial charge >= 0.3 is 0 Å². The first-order valence-electron chi connectivity index (χ1n) is 7.95. The molecule has 0 radical (unpaired) electrons. The molecule has 5 nitrogen and oxygen atoms in total. The fourth-order valence-corrected chi connectivity index (χ4v) is 2.88. The average Bonchev–Trinajstić information content (AvgIpc) is 2.69. The number of aromatic nitrogens is 1. The molecular formula is C20H17BrN2O3. The fraction of sp³-hybridized carbons (Fsp3) is 0.100. The third-order valence-electron chi connectivity index (χ3n) is 3.63. The largest absolute Gasteiger partial charge is 0.493 e. The summed E-state index contributed by atoms with van der Waals surface area (Å²) >= 11 is 3.46. The van der Waals surface area contributed by atoms with E-state index in [1.807, 2.05) is 48.5 Å². The first-order chi connectivity index (χ1) is 12.7. The third kappa shape index (κ3) is 4.03. The predicted molar refractivity (Wildman–Crippen MR) is 104 cm³/mol. The van der Waals surface area contributed by atoms with Crippen LogP contribution in [0, 0.1) is 0 Å². The summed E-state index contributed by atoms with van der Waals surface area (Å²) in [5, 5.41) is 0. The molecule has 1 amide bonds. The number of halogens is 1. The van der Waals surface area contributed by atoms with Crippen molar-refractivity contribution in [2.75, 3.05) is 18.6 Å². The molecule has 0 atom stereocenters. The van der Waals surface area contributed by atoms with Gasteiger partial charge in [0.25, 0.3) is 5.91 Å². The van der Waals surface area contributed by atoms with Gasteiger partial charge in [-0.25, -0.2) is 4.98 Å². The molecule has 0 aliphatic rings. The number of nitrogens with zero attached hydrogens (tertiary/aromatic N) is 2. The molecule has 1 heterocycles. The highest BCUT2D eigenvalue weighted by molar-refractivity contribution is 9.10. The molecule has 0 N–H and O–H groups in total. The van der Waals surface area contributed by atoms with Crippen LogP contribution < -0.4 is 14.4 Å². The zero-order chi connectivity index (χ0) is 18.4. The van der Waals surface area contributed by atoms with Gasteiger partial charge in [-0.3, -0.25) is 9.69 Å². The van der Waals surface area contributed by atoms with Crippen LogP contribution in [0.15, 0.2) is 77.4 Å². The number of anilines is 2. The molecule has 0 saturated carbocycles. The monoisotopic (exact) mass is 412 g/mol. The molecule has 2 aromatic carbocycles. The lowest BCUT2D eigenvalue weighted by Crippen LogP contribution is -2.31. The number of hydrogen-bond acceptors (Lipinski definition) is 4. The second kappa shape index (κ2) is 8.49. The maximum atomic E-state index is 13.0. The van der Waals surface area contributed by atoms with E-state index in [1.54, 1.807) is 31.5 Å². The molecule has 0 saturated heterocycles. The normalized spacial score (nSPS) is 10.2. The molecule has 0 aliphatic carbocycles. The number of ether oxygens (including phenoxy) is 2. The lowest BCUT2D eigenvalue weighted by atomic mass is 10.2. The first-order valence-corrected chi connectivity index (χ1v) is 8.74. The van der Waals surface area contributed by atoms with Crippen LogP contribution in [-0.4, -0.2) is 24.6 Å². The van der Waals surface area contributed by atoms with Crippen LogP contribution in [0.1, 0.15) is 0 Å². The highest BCUT2D eigenvalue weighted by atomic mass is 79.9. The molecule has 0 aliphatic heterocycles. The number of carbonyl (C=O) groups excluding carboxylic acids is 1. The molecule has 132 valence electrons. The van der Waals surface area contributed by atoms with Crippen LogP contribution in [0.2, 0.25) is 0 Å². The smallest absolute Gasteiger partial charge is 0.270 e. The van der Waals surface area contributed by atoms with Crippen molar-refractivity contribution in [3.05, 3.63) is 77.4 Å². The van der Waals surface area contributed by atoms with Gasteiger partial charge in [0.2, 0.25) is 0 Å². The zero-order valence-electron chi connectivity index (χ0n) is 14.1. The highest BCUT2D eigenvalue weighted by Crippen LogP contribution is 2.31. The van der Waals surface area contributed by atoms with Crippen LogP contribution in [0.3, 0.4) is 0 Å². The number of para-hydroxylation sites is 3. The first kappa shape index (κ1) is 17.9. The fourth-order valence-electron chi connectivity index (χ4n) is 2.45. The Balaban J connectivity index is 1.87. The number of benzene rings is 2. The second-order valence-electron chi connectivity index (χ2n) is 5.31. The van der Waals surface area contributed by atoms with Crippen LogP contribution >= 0.6 is 15.9 Å². The maximum absolute atomic E-state index is 13.0. The van der Waals surface area contributed by atoms with Crippen LogP contribution in [0.4, 0.5) is 11.5 Å². The molecule has 0 unspecified atom stereocenters. The number of amides is 1. The number of carbonyl (C=O) groups is 1. The topological polar surface area (TPSA) is 51.7 Å². The van der Waals surface area contributed by atoms with Gasteiger partial charge in [0.1, 0.15) is 0 Å². The maximum Gasteiger partial charge on any atom is 0.270 e. The molecule has 3 rings (SSSR count). The summed E-state index contributed by atoms with van der Waals surface area (Å²) in [6, 6.07) is 20.2. The van der Waals surface area contributed by atoms with Gasteiger partial charge in [-0.1, -0.05) is 30.3 Å². The Hall–Kier alpha value is -2.86. The van der Waals surface area contributed by atoms with Gasteiger partial charge in [-0.15, -0.1) is 0 Å². The van der Waals surface area contributed by atoms with E-state index < -0.39 is 0 Å². The second-order valence-corrected chi connectivity index (χ2v) is 6.17. The van der Waals surface area contributed by atoms with Crippen molar-refractivity contribution < 1.29 is 14.3 Å². The molecule has 0 fully saturated rings. The molecule has 26 heavy (non-hydrogen) atoms. The summed E-state index contributed by atoms with van der Waals surface area (Å²) in [5.74, 6) is 1.34. The summed E-state index contributed by atoms with van der Waals surface area (Å²) in [6.45, 7) is -0.154. The van der Waals surface area contributed by atoms with E-state index in [4.69, 9.17) is 9.47 Å². The molecule has 0 spiro atoms. The standard InChI is InChI=1S/C20H17BrN2O3/c1-25-17-11-5-6-12-18(17)26-14-19(24)23(15-8-3-2-4-9-15)20-16(21)10-7-13-22-20/h2-13H,14H2,1H3. The van der Waals surface area contributed by atoms with Gasteiger partial charge in [0.15, 0.2) is 23.9 Å². The summed E-state index contributed by atoms with van der Waals surface area (Å²) in [6.07, 6.45) is 1.64. The van der Waals surface area contributed by atoms with E-state index in [-0.39, 0.29) is 12.5 Å². The molecule has 0 bridgehead atoms. The molecule has 1 aromatic heterocycles. The van der Waals surface area contributed by atoms with Gasteiger partial charge in [0.05, 0.1) is 17.3 Å². The van der Waals surface area contributed by atoms with Gasteiger partial charge in [0, 0.05) is 6.20 Å². The van der Waals surface area contributed by atoms with Crippen molar-refractivity contribution in [1.82, 2.24) is 4.98 Å². The average molecular weight is 413 g/mol. The summed E-state index contributed by atoms with van der Waals surface area (Å²) in [4.78, 5) is 18.8. The Bertz CT molecular complexity index is 887. The van der Waals surface area contributed by atoms with Crippen LogP contribution in [-0.2, 0) is 4.79 Å². The summed E-state index contributed by atoms with van der Waals surface area (Å²) in [5.41, 5.74) is 0.709. The van der Waals surface area contributed by atoms with Crippen molar-refractivity contribution >= 4 is 33.3 Å². The van der Waals surface area contributed by atoms with Crippen LogP contribution in [0.25, 0.3) is 0 Å². The molecule has 6 heteroatoms. The quantitative estimate of drug-likeness (QED) is 0.593. The number of methoxy groups -OCH3 is 1. The SMILES string of the molecule is COc1ccccc1OCC(=O)N(c1ccccc1)c1ncccc1Br. The number of hydrogen-bond donors (Lipinski definition) is 0. The van der Waals surface area contributed by atoms with E-state index in [0.717, 1.165) is 4.47 Å². The Labute approximate surface area is 160 Å². The van der Waals surface area contributed by atoms with Crippen molar-refractivity contribution in [3.8, 4) is 11.5 Å². The number of rotatable bonds is 6. The highest BCUT2D eigenvalue weighted by Gasteiger charge is 2.22. The Morgan fingerprint density at radius 1 is 1.00 bits per heavy atom. The van der Waals surface area contributed by atoms with Gasteiger partial charge in [-0.2, -0.15) is 0 Å². The van der Waals surface area contributed by atoms with E-state index in [9.17, 15) is 4.79 Å². The van der Waals surface area contributed by atoms with Crippen molar-refractivity contribution in [3.63, 3.8) is 0 Å². The van der Waals surface area contributed by atoms with Crippen molar-refractivity contribution in [1.29, 1.82) is 0 Å². The lowest BCUT2D eigenvalue weighted by Gasteiger charge is -2.23. The van der Waals surface area contributed by atoms with Gasteiger partial charge in [-0.05, 0) is 52.3 Å². The molecule has 3 aromatic rings. The van der Waals surface area contributed by atoms with Crippen LogP contribution in [0.5, 0.6) is 11.5 Å². The van der Waals surface area contributed by atoms with Gasteiger partial charge < -0.3 is 9.47 Å². The minimum absolute atomic E-state index is 0.154. The lowest BCUT2D eigenvalue weighted by molar-refractivity contribution is -0.119. The Kier molecular flexibility index (Phi) is 5.86. The summed E-state index contributed by atoms with van der Waals surface area (Å²) < 4.78 is 11.7. The Morgan fingerprint density at radius 3 is 2.38 bits per heavy atom. The minimum Gasteiger partial charge on any atom is -0.493 e. The van der Waals surface area contributed by atoms with Crippen molar-refractivity contribution in [2.24, 2.45) is 0 Å². The van der Waals surface area contributed by atoms with E-state index in [1.165, 1.54) is 4.90 Å². The Morgan fingerprint density at radius 2 is 1.69 bits per heavy atom. The minimum atomic E-state index is -0.249. The zero-order valence-corrected chi connectivity index (χ0v) is 15.7. The third-order valence-corrected chi connectivity index (χ3v) is 4.25.